The van der Waals surface area contributed by atoms with Crippen LogP contribution in [-0.4, -0.2) is 38.1 Å². The van der Waals surface area contributed by atoms with Crippen LogP contribution in [0.25, 0.3) is 28.0 Å². The number of aromatic nitrogens is 5. The summed E-state index contributed by atoms with van der Waals surface area (Å²) in [6, 6.07) is 24.7. The number of benzene rings is 3. The quantitative estimate of drug-likeness (QED) is 0.277. The number of ether oxygens (including phenoxy) is 2. The normalized spacial score (nSPS) is 11.7. The molecule has 0 unspecified atom stereocenters. The summed E-state index contributed by atoms with van der Waals surface area (Å²) < 4.78 is 14.2. The molecule has 0 saturated heterocycles. The van der Waals surface area contributed by atoms with Gasteiger partial charge in [-0.25, -0.2) is 4.68 Å². The van der Waals surface area contributed by atoms with E-state index >= 15 is 0 Å². The molecule has 3 heterocycles. The molecule has 0 bridgehead atoms. The lowest BCUT2D eigenvalue weighted by Gasteiger charge is -2.04. The van der Waals surface area contributed by atoms with Crippen LogP contribution in [0.1, 0.15) is 23.7 Å². The van der Waals surface area contributed by atoms with Gasteiger partial charge in [-0.15, -0.1) is 0 Å². The Labute approximate surface area is 238 Å². The van der Waals surface area contributed by atoms with E-state index < -0.39 is 5.56 Å². The SMILES string of the molecule is CCOc1ccc(-c2nn(-c3ccccc3)cc2C=c2sc3nc(=O)c(Cc4ccc(OC)cc4)nn3c2=O)cc1. The zero-order chi connectivity index (χ0) is 28.3. The zero-order valence-electron chi connectivity index (χ0n) is 22.4. The molecule has 0 radical (unpaired) electrons. The topological polar surface area (TPSA) is 101 Å². The Balaban J connectivity index is 1.44. The summed E-state index contributed by atoms with van der Waals surface area (Å²) in [4.78, 5) is 30.6. The Morgan fingerprint density at radius 2 is 1.63 bits per heavy atom. The lowest BCUT2D eigenvalue weighted by Crippen LogP contribution is -2.28. The van der Waals surface area contributed by atoms with Gasteiger partial charge in [0.05, 0.1) is 23.9 Å². The second-order valence-corrected chi connectivity index (χ2v) is 10.2. The first kappa shape index (κ1) is 26.1. The van der Waals surface area contributed by atoms with Crippen molar-refractivity contribution in [3.63, 3.8) is 0 Å². The molecule has 41 heavy (non-hydrogen) atoms. The van der Waals surface area contributed by atoms with Crippen molar-refractivity contribution < 1.29 is 9.47 Å². The molecule has 0 aliphatic heterocycles. The highest BCUT2D eigenvalue weighted by Crippen LogP contribution is 2.26. The summed E-state index contributed by atoms with van der Waals surface area (Å²) in [6.45, 7) is 2.51. The molecular formula is C31H25N5O4S. The van der Waals surface area contributed by atoms with Crippen LogP contribution >= 0.6 is 11.3 Å². The maximum atomic E-state index is 13.5. The molecule has 0 N–H and O–H groups in total. The van der Waals surface area contributed by atoms with Crippen molar-refractivity contribution in [1.82, 2.24) is 24.4 Å². The molecule has 0 aliphatic rings. The Kier molecular flexibility index (Phi) is 7.13. The molecule has 10 heteroatoms. The van der Waals surface area contributed by atoms with E-state index in [-0.39, 0.29) is 22.6 Å². The highest BCUT2D eigenvalue weighted by molar-refractivity contribution is 7.15. The van der Waals surface area contributed by atoms with Crippen LogP contribution in [0.4, 0.5) is 0 Å². The second kappa shape index (κ2) is 11.2. The van der Waals surface area contributed by atoms with Crippen LogP contribution in [0.5, 0.6) is 11.5 Å². The lowest BCUT2D eigenvalue weighted by atomic mass is 10.1. The van der Waals surface area contributed by atoms with Gasteiger partial charge in [-0.2, -0.15) is 19.7 Å². The molecule has 0 spiro atoms. The summed E-state index contributed by atoms with van der Waals surface area (Å²) in [5.74, 6) is 1.48. The summed E-state index contributed by atoms with van der Waals surface area (Å²) in [5.41, 5.74) is 3.44. The van der Waals surface area contributed by atoms with E-state index in [4.69, 9.17) is 14.6 Å². The summed E-state index contributed by atoms with van der Waals surface area (Å²) in [5, 5.41) is 9.23. The average molecular weight is 564 g/mol. The molecule has 204 valence electrons. The number of nitrogens with zero attached hydrogens (tertiary/aromatic N) is 5. The van der Waals surface area contributed by atoms with Crippen molar-refractivity contribution in [3.05, 3.63) is 127 Å². The predicted octanol–water partition coefficient (Wildman–Crippen LogP) is 3.91. The highest BCUT2D eigenvalue weighted by atomic mass is 32.1. The minimum atomic E-state index is -0.458. The van der Waals surface area contributed by atoms with Gasteiger partial charge in [0.1, 0.15) is 22.9 Å². The number of hydrogen-bond donors (Lipinski definition) is 0. The summed E-state index contributed by atoms with van der Waals surface area (Å²) >= 11 is 1.12. The van der Waals surface area contributed by atoms with E-state index in [0.717, 1.165) is 39.5 Å². The van der Waals surface area contributed by atoms with E-state index in [9.17, 15) is 9.59 Å². The van der Waals surface area contributed by atoms with Crippen LogP contribution in [0.15, 0.2) is 94.6 Å². The monoisotopic (exact) mass is 563 g/mol. The van der Waals surface area contributed by atoms with Gasteiger partial charge in [0.25, 0.3) is 11.1 Å². The van der Waals surface area contributed by atoms with Crippen molar-refractivity contribution in [2.75, 3.05) is 13.7 Å². The first-order valence-corrected chi connectivity index (χ1v) is 13.8. The third-order valence-electron chi connectivity index (χ3n) is 6.47. The Hall–Kier alpha value is -5.09. The number of para-hydroxylation sites is 1. The van der Waals surface area contributed by atoms with Crippen LogP contribution < -0.4 is 25.1 Å². The number of hydrogen-bond acceptors (Lipinski definition) is 8. The zero-order valence-corrected chi connectivity index (χ0v) is 23.2. The van der Waals surface area contributed by atoms with Crippen LogP contribution in [0.3, 0.4) is 0 Å². The van der Waals surface area contributed by atoms with Crippen LogP contribution in [-0.2, 0) is 6.42 Å². The van der Waals surface area contributed by atoms with Crippen LogP contribution in [0.2, 0.25) is 0 Å². The molecule has 0 fully saturated rings. The van der Waals surface area contributed by atoms with Gasteiger partial charge in [-0.3, -0.25) is 9.59 Å². The Morgan fingerprint density at radius 1 is 0.902 bits per heavy atom. The molecule has 6 rings (SSSR count). The lowest BCUT2D eigenvalue weighted by molar-refractivity contribution is 0.340. The molecule has 0 saturated carbocycles. The number of rotatable bonds is 8. The minimum Gasteiger partial charge on any atom is -0.497 e. The van der Waals surface area contributed by atoms with Crippen LogP contribution in [0, 0.1) is 0 Å². The summed E-state index contributed by atoms with van der Waals surface area (Å²) in [6.07, 6.45) is 3.90. The Morgan fingerprint density at radius 3 is 2.34 bits per heavy atom. The minimum absolute atomic E-state index is 0.195. The third-order valence-corrected chi connectivity index (χ3v) is 7.43. The van der Waals surface area contributed by atoms with Crippen molar-refractivity contribution in [3.8, 4) is 28.4 Å². The van der Waals surface area contributed by atoms with Gasteiger partial charge < -0.3 is 9.47 Å². The van der Waals surface area contributed by atoms with Gasteiger partial charge >= 0.3 is 0 Å². The van der Waals surface area contributed by atoms with Gasteiger partial charge in [0.2, 0.25) is 4.96 Å². The molecule has 0 amide bonds. The highest BCUT2D eigenvalue weighted by Gasteiger charge is 2.15. The van der Waals surface area contributed by atoms with E-state index in [1.807, 2.05) is 92.0 Å². The number of thiazole rings is 1. The van der Waals surface area contributed by atoms with Gasteiger partial charge in [0.15, 0.2) is 0 Å². The van der Waals surface area contributed by atoms with Crippen molar-refractivity contribution >= 4 is 22.4 Å². The predicted molar refractivity (Wildman–Crippen MR) is 158 cm³/mol. The van der Waals surface area contributed by atoms with Crippen molar-refractivity contribution in [2.45, 2.75) is 13.3 Å². The largest absolute Gasteiger partial charge is 0.497 e. The first-order chi connectivity index (χ1) is 20.0. The maximum Gasteiger partial charge on any atom is 0.296 e. The van der Waals surface area contributed by atoms with Crippen molar-refractivity contribution in [2.24, 2.45) is 0 Å². The third kappa shape index (κ3) is 5.37. The van der Waals surface area contributed by atoms with Crippen molar-refractivity contribution in [1.29, 1.82) is 0 Å². The molecular weight excluding hydrogens is 538 g/mol. The summed E-state index contributed by atoms with van der Waals surface area (Å²) in [7, 11) is 1.59. The number of methoxy groups -OCH3 is 1. The molecule has 3 aromatic heterocycles. The molecule has 3 aromatic carbocycles. The molecule has 0 atom stereocenters. The van der Waals surface area contributed by atoms with E-state index in [1.54, 1.807) is 17.9 Å². The second-order valence-electron chi connectivity index (χ2n) is 9.17. The molecule has 9 nitrogen and oxygen atoms in total. The van der Waals surface area contributed by atoms with E-state index in [1.165, 1.54) is 4.52 Å². The molecule has 0 aliphatic carbocycles. The average Bonchev–Trinajstić information content (AvgIpc) is 3.55. The van der Waals surface area contributed by atoms with E-state index in [2.05, 4.69) is 10.1 Å². The van der Waals surface area contributed by atoms with Gasteiger partial charge in [-0.05, 0) is 67.1 Å². The fourth-order valence-electron chi connectivity index (χ4n) is 4.44. The fraction of sp³-hybridized carbons (Fsp3) is 0.129. The molecule has 6 aromatic rings. The number of fused-ring (bicyclic) bond motifs is 1. The standard InChI is InChI=1S/C31H25N5O4S/c1-3-40-25-15-11-21(12-16-25)28-22(19-35(34-28)23-7-5-4-6-8-23)18-27-30(38)36-31(41-27)32-29(37)26(33-36)17-20-9-13-24(39-2)14-10-20/h4-16,18-19H,3,17H2,1-2H3. The first-order valence-electron chi connectivity index (χ1n) is 13.0. The van der Waals surface area contributed by atoms with E-state index in [0.29, 0.717) is 22.6 Å². The Bertz CT molecular complexity index is 2000. The van der Waals surface area contributed by atoms with Gasteiger partial charge in [-0.1, -0.05) is 41.7 Å². The smallest absolute Gasteiger partial charge is 0.296 e. The fourth-order valence-corrected chi connectivity index (χ4v) is 5.33. The van der Waals surface area contributed by atoms with Gasteiger partial charge in [0, 0.05) is 23.7 Å². The maximum absolute atomic E-state index is 13.5.